The molecule has 0 aromatic heterocycles. The molecule has 2 N–H and O–H groups in total. The van der Waals surface area contributed by atoms with Crippen LogP contribution in [-0.4, -0.2) is 44.8 Å². The molecule has 11 heteroatoms. The minimum atomic E-state index is -3.97. The fourth-order valence-corrected chi connectivity index (χ4v) is 3.93. The van der Waals surface area contributed by atoms with Crippen LogP contribution in [0.5, 0.6) is 5.75 Å². The maximum absolute atomic E-state index is 12.6. The number of carbonyl (C=O) groups excluding carboxylic acids is 2. The van der Waals surface area contributed by atoms with E-state index in [-0.39, 0.29) is 23.1 Å². The van der Waals surface area contributed by atoms with Crippen molar-refractivity contribution in [2.24, 2.45) is 0 Å². The van der Waals surface area contributed by atoms with E-state index in [9.17, 15) is 26.8 Å². The first-order valence-electron chi connectivity index (χ1n) is 9.16. The molecule has 0 bridgehead atoms. The van der Waals surface area contributed by atoms with Crippen molar-refractivity contribution in [3.63, 3.8) is 0 Å². The molecule has 0 saturated carbocycles. The summed E-state index contributed by atoms with van der Waals surface area (Å²) in [5, 5.41) is 2.53. The van der Waals surface area contributed by atoms with Crippen LogP contribution in [0.25, 0.3) is 0 Å². The van der Waals surface area contributed by atoms with Gasteiger partial charge in [-0.3, -0.25) is 9.59 Å². The summed E-state index contributed by atoms with van der Waals surface area (Å²) in [4.78, 5) is 24.9. The lowest BCUT2D eigenvalue weighted by Crippen LogP contribution is -2.45. The van der Waals surface area contributed by atoms with Crippen LogP contribution in [0.1, 0.15) is 19.4 Å². The van der Waals surface area contributed by atoms with Crippen molar-refractivity contribution in [1.29, 1.82) is 0 Å². The van der Waals surface area contributed by atoms with Gasteiger partial charge in [0.1, 0.15) is 5.75 Å². The van der Waals surface area contributed by atoms with Gasteiger partial charge in [0.25, 0.3) is 0 Å². The minimum Gasteiger partial charge on any atom is -0.435 e. The van der Waals surface area contributed by atoms with Crippen molar-refractivity contribution >= 4 is 27.5 Å². The Hall–Kier alpha value is -3.05. The van der Waals surface area contributed by atoms with Crippen LogP contribution in [0.2, 0.25) is 0 Å². The summed E-state index contributed by atoms with van der Waals surface area (Å²) >= 11 is 0. The molecular weight excluding hydrogens is 432 g/mol. The number of hydrogen-bond acceptors (Lipinski definition) is 5. The zero-order valence-corrected chi connectivity index (χ0v) is 17.9. The number of benzene rings is 2. The Balaban J connectivity index is 1.99. The first kappa shape index (κ1) is 24.2. The third kappa shape index (κ3) is 7.30. The van der Waals surface area contributed by atoms with Crippen LogP contribution >= 0.6 is 0 Å². The maximum Gasteiger partial charge on any atom is 0.387 e. The Morgan fingerprint density at radius 1 is 1.06 bits per heavy atom. The van der Waals surface area contributed by atoms with E-state index < -0.39 is 28.6 Å². The van der Waals surface area contributed by atoms with E-state index in [4.69, 9.17) is 0 Å². The standard InChI is InChI=1S/C20H23F2N3O5S/c1-13(24-31(28,29)18-10-6-16(7-11-18)23-14(2)26)19(27)25(3)12-15-4-8-17(9-5-15)30-20(21)22/h4-11,13,20,24H,12H2,1-3H3,(H,23,26)/t13-/m0/s1. The molecular formula is C20H23F2N3O5S. The molecule has 0 aliphatic rings. The summed E-state index contributed by atoms with van der Waals surface area (Å²) in [6, 6.07) is 10.3. The third-order valence-electron chi connectivity index (χ3n) is 4.13. The fourth-order valence-electron chi connectivity index (χ4n) is 2.73. The van der Waals surface area contributed by atoms with Gasteiger partial charge in [-0.2, -0.15) is 13.5 Å². The molecule has 1 atom stereocenters. The molecule has 0 saturated heterocycles. The van der Waals surface area contributed by atoms with Crippen molar-refractivity contribution in [2.45, 2.75) is 37.9 Å². The van der Waals surface area contributed by atoms with Gasteiger partial charge in [0.05, 0.1) is 10.9 Å². The van der Waals surface area contributed by atoms with Gasteiger partial charge in [-0.15, -0.1) is 0 Å². The van der Waals surface area contributed by atoms with Crippen LogP contribution in [0, 0.1) is 0 Å². The van der Waals surface area contributed by atoms with Crippen molar-refractivity contribution in [3.8, 4) is 5.75 Å². The maximum atomic E-state index is 12.6. The SMILES string of the molecule is CC(=O)Nc1ccc(S(=O)(=O)N[C@@H](C)C(=O)N(C)Cc2ccc(OC(F)F)cc2)cc1. The van der Waals surface area contributed by atoms with Gasteiger partial charge in [-0.25, -0.2) is 8.42 Å². The molecule has 0 spiro atoms. The highest BCUT2D eigenvalue weighted by molar-refractivity contribution is 7.89. The van der Waals surface area contributed by atoms with Gasteiger partial charge in [0.2, 0.25) is 21.8 Å². The minimum absolute atomic E-state index is 0.00150. The molecule has 31 heavy (non-hydrogen) atoms. The zero-order valence-electron chi connectivity index (χ0n) is 17.1. The van der Waals surface area contributed by atoms with E-state index in [1.807, 2.05) is 0 Å². The Morgan fingerprint density at radius 2 is 1.65 bits per heavy atom. The molecule has 0 fully saturated rings. The van der Waals surface area contributed by atoms with E-state index in [2.05, 4.69) is 14.8 Å². The normalized spacial score (nSPS) is 12.3. The van der Waals surface area contributed by atoms with Gasteiger partial charge in [-0.05, 0) is 48.9 Å². The topological polar surface area (TPSA) is 105 Å². The highest BCUT2D eigenvalue weighted by Gasteiger charge is 2.24. The summed E-state index contributed by atoms with van der Waals surface area (Å²) in [5.74, 6) is -0.767. The molecule has 2 aromatic carbocycles. The Morgan fingerprint density at radius 3 is 2.16 bits per heavy atom. The van der Waals surface area contributed by atoms with Crippen LogP contribution < -0.4 is 14.8 Å². The van der Waals surface area contributed by atoms with Gasteiger partial charge in [0.15, 0.2) is 0 Å². The monoisotopic (exact) mass is 455 g/mol. The predicted octanol–water partition coefficient (Wildman–Crippen LogP) is 2.57. The second-order valence-corrected chi connectivity index (χ2v) is 8.48. The molecule has 2 rings (SSSR count). The number of nitrogens with zero attached hydrogens (tertiary/aromatic N) is 1. The van der Waals surface area contributed by atoms with Crippen LogP contribution in [-0.2, 0) is 26.2 Å². The quantitative estimate of drug-likeness (QED) is 0.605. The first-order chi connectivity index (χ1) is 14.5. The van der Waals surface area contributed by atoms with Gasteiger partial charge < -0.3 is 15.0 Å². The summed E-state index contributed by atoms with van der Waals surface area (Å²) in [5.41, 5.74) is 1.10. The highest BCUT2D eigenvalue weighted by atomic mass is 32.2. The summed E-state index contributed by atoms with van der Waals surface area (Å²) in [6.07, 6.45) is 0. The average Bonchev–Trinajstić information content (AvgIpc) is 2.68. The van der Waals surface area contributed by atoms with E-state index in [1.165, 1.54) is 74.3 Å². The molecule has 8 nitrogen and oxygen atoms in total. The Kier molecular flexibility index (Phi) is 8.06. The molecule has 0 unspecified atom stereocenters. The third-order valence-corrected chi connectivity index (χ3v) is 5.69. The van der Waals surface area contributed by atoms with Gasteiger partial charge in [-0.1, -0.05) is 12.1 Å². The molecule has 168 valence electrons. The molecule has 0 heterocycles. The second-order valence-electron chi connectivity index (χ2n) is 6.77. The smallest absolute Gasteiger partial charge is 0.387 e. The van der Waals surface area contributed by atoms with Crippen LogP contribution in [0.3, 0.4) is 0 Å². The molecule has 0 aliphatic heterocycles. The molecule has 2 aromatic rings. The van der Waals surface area contributed by atoms with Crippen molar-refractivity contribution < 1.29 is 31.5 Å². The summed E-state index contributed by atoms with van der Waals surface area (Å²) in [6.45, 7) is -0.0281. The number of amides is 2. The largest absolute Gasteiger partial charge is 0.435 e. The lowest BCUT2D eigenvalue weighted by Gasteiger charge is -2.22. The van der Waals surface area contributed by atoms with E-state index in [1.54, 1.807) is 0 Å². The zero-order chi connectivity index (χ0) is 23.2. The number of ether oxygens (including phenoxy) is 1. The van der Waals surface area contributed by atoms with Crippen molar-refractivity contribution in [3.05, 3.63) is 54.1 Å². The number of halogens is 2. The Labute approximate surface area is 179 Å². The molecule has 2 amide bonds. The predicted molar refractivity (Wildman–Crippen MR) is 110 cm³/mol. The number of hydrogen-bond donors (Lipinski definition) is 2. The summed E-state index contributed by atoms with van der Waals surface area (Å²) < 4.78 is 56.1. The Bertz CT molecular complexity index is 1010. The number of nitrogens with one attached hydrogen (secondary N) is 2. The highest BCUT2D eigenvalue weighted by Crippen LogP contribution is 2.17. The second kappa shape index (κ2) is 10.3. The summed E-state index contributed by atoms with van der Waals surface area (Å²) in [7, 11) is -2.47. The van der Waals surface area contributed by atoms with Crippen LogP contribution in [0.15, 0.2) is 53.4 Å². The van der Waals surface area contributed by atoms with Crippen molar-refractivity contribution in [2.75, 3.05) is 12.4 Å². The van der Waals surface area contributed by atoms with E-state index >= 15 is 0 Å². The molecule has 0 aliphatic carbocycles. The number of rotatable bonds is 9. The number of sulfonamides is 1. The van der Waals surface area contributed by atoms with Gasteiger partial charge >= 0.3 is 6.61 Å². The lowest BCUT2D eigenvalue weighted by atomic mass is 10.2. The number of carbonyl (C=O) groups is 2. The van der Waals surface area contributed by atoms with Crippen LogP contribution in [0.4, 0.5) is 14.5 Å². The number of anilines is 1. The number of likely N-dealkylation sites (N-methyl/N-ethyl adjacent to an activating group) is 1. The fraction of sp³-hybridized carbons (Fsp3) is 0.300. The molecule has 0 radical (unpaired) electrons. The van der Waals surface area contributed by atoms with Crippen molar-refractivity contribution in [1.82, 2.24) is 9.62 Å². The van der Waals surface area contributed by atoms with E-state index in [0.29, 0.717) is 11.3 Å². The number of alkyl halides is 2. The lowest BCUT2D eigenvalue weighted by molar-refractivity contribution is -0.131. The first-order valence-corrected chi connectivity index (χ1v) is 10.6. The average molecular weight is 455 g/mol. The van der Waals surface area contributed by atoms with E-state index in [0.717, 1.165) is 0 Å². The van der Waals surface area contributed by atoms with Gasteiger partial charge in [0, 0.05) is 26.2 Å².